The first-order chi connectivity index (χ1) is 18.6. The summed E-state index contributed by atoms with van der Waals surface area (Å²) in [6.07, 6.45) is 0.302. The molecule has 0 spiro atoms. The van der Waals surface area contributed by atoms with Crippen LogP contribution >= 0.6 is 11.6 Å². The largest absolute Gasteiger partial charge is 0.457 e. The van der Waals surface area contributed by atoms with E-state index in [4.69, 9.17) is 16.3 Å². The molecule has 2 aromatic carbocycles. The predicted molar refractivity (Wildman–Crippen MR) is 137 cm³/mol. The van der Waals surface area contributed by atoms with Crippen molar-refractivity contribution in [3.63, 3.8) is 0 Å². The maximum Gasteiger partial charge on any atom is 0.417 e. The third-order valence-corrected chi connectivity index (χ3v) is 6.20. The number of hydrogen-bond donors (Lipinski definition) is 4. The van der Waals surface area contributed by atoms with Crippen molar-refractivity contribution in [3.05, 3.63) is 77.1 Å². The van der Waals surface area contributed by atoms with Crippen molar-refractivity contribution in [2.24, 2.45) is 5.92 Å². The SMILES string of the molecule is O=C(Nc1ccc(Oc2ccnc(C(=O)NNC(=O)C3CCCC3)c2)cc1)Nc1ccc(Cl)c(C(F)(F)F)c1. The number of halogens is 4. The summed E-state index contributed by atoms with van der Waals surface area (Å²) in [5.74, 6) is -0.245. The van der Waals surface area contributed by atoms with E-state index in [1.165, 1.54) is 36.5 Å². The van der Waals surface area contributed by atoms with E-state index in [1.807, 2.05) is 0 Å². The van der Waals surface area contributed by atoms with Gasteiger partial charge >= 0.3 is 12.2 Å². The summed E-state index contributed by atoms with van der Waals surface area (Å²) in [6, 6.07) is 11.3. The number of benzene rings is 2. The molecule has 13 heteroatoms. The molecule has 4 rings (SSSR count). The fraction of sp³-hybridized carbons (Fsp3) is 0.231. The summed E-state index contributed by atoms with van der Waals surface area (Å²) in [4.78, 5) is 40.7. The number of hydrogen-bond acceptors (Lipinski definition) is 5. The zero-order valence-corrected chi connectivity index (χ0v) is 21.0. The second kappa shape index (κ2) is 12.0. The summed E-state index contributed by atoms with van der Waals surface area (Å²) >= 11 is 5.59. The number of amides is 4. The topological polar surface area (TPSA) is 121 Å². The molecular formula is C26H23ClF3N5O4. The zero-order chi connectivity index (χ0) is 28.0. The molecule has 0 atom stereocenters. The summed E-state index contributed by atoms with van der Waals surface area (Å²) in [6.45, 7) is 0. The van der Waals surface area contributed by atoms with Crippen molar-refractivity contribution in [2.45, 2.75) is 31.9 Å². The molecule has 39 heavy (non-hydrogen) atoms. The number of nitrogens with zero attached hydrogens (tertiary/aromatic N) is 1. The molecule has 4 amide bonds. The van der Waals surface area contributed by atoms with Gasteiger partial charge in [0.1, 0.15) is 17.2 Å². The van der Waals surface area contributed by atoms with Crippen molar-refractivity contribution in [2.75, 3.05) is 10.6 Å². The predicted octanol–water partition coefficient (Wildman–Crippen LogP) is 6.14. The molecule has 9 nitrogen and oxygen atoms in total. The number of aromatic nitrogens is 1. The van der Waals surface area contributed by atoms with E-state index >= 15 is 0 Å². The van der Waals surface area contributed by atoms with Gasteiger partial charge in [-0.05, 0) is 61.4 Å². The van der Waals surface area contributed by atoms with Crippen molar-refractivity contribution < 1.29 is 32.3 Å². The lowest BCUT2D eigenvalue weighted by Gasteiger charge is -2.13. The summed E-state index contributed by atoms with van der Waals surface area (Å²) < 4.78 is 44.8. The number of carbonyl (C=O) groups excluding carboxylic acids is 3. The van der Waals surface area contributed by atoms with Gasteiger partial charge in [-0.1, -0.05) is 24.4 Å². The number of pyridine rings is 1. The summed E-state index contributed by atoms with van der Waals surface area (Å²) in [5.41, 5.74) is 4.02. The highest BCUT2D eigenvalue weighted by Crippen LogP contribution is 2.36. The molecule has 1 fully saturated rings. The van der Waals surface area contributed by atoms with Gasteiger partial charge in [-0.15, -0.1) is 0 Å². The highest BCUT2D eigenvalue weighted by Gasteiger charge is 2.33. The Morgan fingerprint density at radius 1 is 0.872 bits per heavy atom. The fourth-order valence-corrected chi connectivity index (χ4v) is 4.15. The molecule has 1 heterocycles. The van der Waals surface area contributed by atoms with Gasteiger partial charge in [0.25, 0.3) is 5.91 Å². The Hall–Kier alpha value is -4.32. The van der Waals surface area contributed by atoms with E-state index in [9.17, 15) is 27.6 Å². The normalized spacial score (nSPS) is 13.4. The van der Waals surface area contributed by atoms with Crippen LogP contribution < -0.4 is 26.2 Å². The Morgan fingerprint density at radius 3 is 2.23 bits per heavy atom. The first-order valence-electron chi connectivity index (χ1n) is 11.9. The first kappa shape index (κ1) is 27.7. The molecule has 0 saturated heterocycles. The van der Waals surface area contributed by atoms with E-state index in [0.717, 1.165) is 37.8 Å². The number of rotatable bonds is 6. The van der Waals surface area contributed by atoms with Crippen LogP contribution in [0.2, 0.25) is 5.02 Å². The average Bonchev–Trinajstić information content (AvgIpc) is 3.44. The van der Waals surface area contributed by atoms with E-state index < -0.39 is 28.7 Å². The molecule has 0 radical (unpaired) electrons. The minimum atomic E-state index is -4.66. The van der Waals surface area contributed by atoms with Crippen LogP contribution in [-0.4, -0.2) is 22.8 Å². The maximum absolute atomic E-state index is 13.0. The van der Waals surface area contributed by atoms with Gasteiger partial charge in [0.15, 0.2) is 0 Å². The van der Waals surface area contributed by atoms with Crippen LogP contribution in [0.4, 0.5) is 29.3 Å². The molecule has 4 N–H and O–H groups in total. The molecule has 0 bridgehead atoms. The van der Waals surface area contributed by atoms with Crippen LogP contribution in [0.3, 0.4) is 0 Å². The highest BCUT2D eigenvalue weighted by atomic mass is 35.5. The van der Waals surface area contributed by atoms with Gasteiger partial charge in [0, 0.05) is 29.6 Å². The standard InChI is InChI=1S/C26H23ClF3N5O4/c27-21-10-7-17(13-20(21)26(28,29)30)33-25(38)32-16-5-8-18(9-6-16)39-19-11-12-31-22(14-19)24(37)35-34-23(36)15-3-1-2-4-15/h5-15H,1-4H2,(H,34,36)(H,35,37)(H2,32,33,38). The quantitative estimate of drug-likeness (QED) is 0.269. The molecule has 204 valence electrons. The maximum atomic E-state index is 13.0. The number of carbonyl (C=O) groups is 3. The molecule has 1 aliphatic carbocycles. The van der Waals surface area contributed by atoms with Crippen molar-refractivity contribution >= 4 is 40.8 Å². The lowest BCUT2D eigenvalue weighted by Crippen LogP contribution is -2.44. The van der Waals surface area contributed by atoms with E-state index in [1.54, 1.807) is 12.1 Å². The smallest absolute Gasteiger partial charge is 0.417 e. The van der Waals surface area contributed by atoms with Gasteiger partial charge in [-0.25, -0.2) is 4.79 Å². The van der Waals surface area contributed by atoms with Gasteiger partial charge < -0.3 is 15.4 Å². The number of anilines is 2. The second-order valence-corrected chi connectivity index (χ2v) is 9.11. The fourth-order valence-electron chi connectivity index (χ4n) is 3.93. The molecule has 0 unspecified atom stereocenters. The molecule has 0 aliphatic heterocycles. The van der Waals surface area contributed by atoms with Crippen LogP contribution in [0.15, 0.2) is 60.8 Å². The highest BCUT2D eigenvalue weighted by molar-refractivity contribution is 6.31. The second-order valence-electron chi connectivity index (χ2n) is 8.70. The number of urea groups is 1. The first-order valence-corrected chi connectivity index (χ1v) is 12.3. The Balaban J connectivity index is 1.30. The van der Waals surface area contributed by atoms with Crippen LogP contribution in [0, 0.1) is 5.92 Å². The van der Waals surface area contributed by atoms with E-state index in [2.05, 4.69) is 26.5 Å². The van der Waals surface area contributed by atoms with Crippen LogP contribution in [-0.2, 0) is 11.0 Å². The Bertz CT molecular complexity index is 1360. The minimum absolute atomic E-state index is 0.0325. The van der Waals surface area contributed by atoms with E-state index in [0.29, 0.717) is 17.2 Å². The summed E-state index contributed by atoms with van der Waals surface area (Å²) in [7, 11) is 0. The Labute approximate surface area is 226 Å². The number of ether oxygens (including phenoxy) is 1. The van der Waals surface area contributed by atoms with Gasteiger partial charge in [0.2, 0.25) is 5.91 Å². The van der Waals surface area contributed by atoms with Crippen LogP contribution in [0.1, 0.15) is 41.7 Å². The molecule has 1 saturated carbocycles. The monoisotopic (exact) mass is 561 g/mol. The number of alkyl halides is 3. The van der Waals surface area contributed by atoms with Gasteiger partial charge in [-0.2, -0.15) is 13.2 Å². The number of hydrazine groups is 1. The van der Waals surface area contributed by atoms with Crippen molar-refractivity contribution in [3.8, 4) is 11.5 Å². The van der Waals surface area contributed by atoms with E-state index in [-0.39, 0.29) is 23.2 Å². The van der Waals surface area contributed by atoms with Crippen LogP contribution in [0.25, 0.3) is 0 Å². The lowest BCUT2D eigenvalue weighted by molar-refractivity contribution is -0.137. The average molecular weight is 562 g/mol. The molecular weight excluding hydrogens is 539 g/mol. The third-order valence-electron chi connectivity index (χ3n) is 5.87. The minimum Gasteiger partial charge on any atom is -0.457 e. The van der Waals surface area contributed by atoms with Gasteiger partial charge in [0.05, 0.1) is 10.6 Å². The molecule has 3 aromatic rings. The summed E-state index contributed by atoms with van der Waals surface area (Å²) in [5, 5.41) is 4.35. The lowest BCUT2D eigenvalue weighted by atomic mass is 10.1. The van der Waals surface area contributed by atoms with Crippen molar-refractivity contribution in [1.82, 2.24) is 15.8 Å². The van der Waals surface area contributed by atoms with Crippen LogP contribution in [0.5, 0.6) is 11.5 Å². The Morgan fingerprint density at radius 2 is 1.54 bits per heavy atom. The zero-order valence-electron chi connectivity index (χ0n) is 20.3. The van der Waals surface area contributed by atoms with Crippen molar-refractivity contribution in [1.29, 1.82) is 0 Å². The Kier molecular flexibility index (Phi) is 8.55. The number of nitrogens with one attached hydrogen (secondary N) is 4. The molecule has 1 aliphatic rings. The third kappa shape index (κ3) is 7.60. The van der Waals surface area contributed by atoms with Gasteiger partial charge in [-0.3, -0.25) is 25.4 Å². The molecule has 1 aromatic heterocycles.